The van der Waals surface area contributed by atoms with Gasteiger partial charge in [0.25, 0.3) is 5.91 Å². The van der Waals surface area contributed by atoms with Crippen molar-refractivity contribution in [2.75, 3.05) is 6.54 Å². The molecule has 9 heteroatoms. The van der Waals surface area contributed by atoms with Crippen molar-refractivity contribution >= 4 is 47.2 Å². The highest BCUT2D eigenvalue weighted by Crippen LogP contribution is 2.19. The van der Waals surface area contributed by atoms with Gasteiger partial charge in [0.2, 0.25) is 5.91 Å². The van der Waals surface area contributed by atoms with Crippen molar-refractivity contribution in [1.29, 1.82) is 0 Å². The Balaban J connectivity index is 1.42. The summed E-state index contributed by atoms with van der Waals surface area (Å²) in [6.07, 6.45) is 1.49. The van der Waals surface area contributed by atoms with Crippen LogP contribution in [0.5, 0.6) is 5.75 Å². The molecule has 3 rings (SSSR count). The molecule has 3 aromatic rings. The average molecular weight is 484 g/mol. The van der Waals surface area contributed by atoms with Crippen LogP contribution in [0.3, 0.4) is 0 Å². The minimum absolute atomic E-state index is 0.0461. The van der Waals surface area contributed by atoms with E-state index < -0.39 is 5.97 Å². The van der Waals surface area contributed by atoms with Crippen LogP contribution in [-0.4, -0.2) is 30.5 Å². The van der Waals surface area contributed by atoms with E-state index in [2.05, 4.69) is 15.8 Å². The van der Waals surface area contributed by atoms with Gasteiger partial charge in [0.1, 0.15) is 5.75 Å². The van der Waals surface area contributed by atoms with Crippen molar-refractivity contribution in [3.05, 3.63) is 99.5 Å². The van der Waals surface area contributed by atoms with Gasteiger partial charge in [-0.3, -0.25) is 9.59 Å². The van der Waals surface area contributed by atoms with Crippen molar-refractivity contribution in [3.63, 3.8) is 0 Å². The molecular weight excluding hydrogens is 465 g/mol. The van der Waals surface area contributed by atoms with Crippen molar-refractivity contribution in [2.45, 2.75) is 6.42 Å². The van der Waals surface area contributed by atoms with E-state index in [1.54, 1.807) is 72.8 Å². The predicted molar refractivity (Wildman–Crippen MR) is 127 cm³/mol. The van der Waals surface area contributed by atoms with E-state index in [-0.39, 0.29) is 30.3 Å². The van der Waals surface area contributed by atoms with Gasteiger partial charge in [-0.05, 0) is 54.1 Å². The Morgan fingerprint density at radius 1 is 0.848 bits per heavy atom. The van der Waals surface area contributed by atoms with E-state index in [1.165, 1.54) is 6.21 Å². The van der Waals surface area contributed by atoms with E-state index in [0.717, 1.165) is 0 Å². The van der Waals surface area contributed by atoms with Gasteiger partial charge in [0.15, 0.2) is 0 Å². The van der Waals surface area contributed by atoms with Gasteiger partial charge in [-0.1, -0.05) is 47.5 Å². The lowest BCUT2D eigenvalue weighted by molar-refractivity contribution is -0.120. The molecule has 0 atom stereocenters. The SMILES string of the molecule is O=C(CCNC(=O)c1ccccc1Cl)NN=Cc1ccc(OC(=O)c2ccccc2Cl)cc1. The van der Waals surface area contributed by atoms with E-state index in [4.69, 9.17) is 27.9 Å². The molecule has 0 aromatic heterocycles. The van der Waals surface area contributed by atoms with Gasteiger partial charge in [0, 0.05) is 13.0 Å². The van der Waals surface area contributed by atoms with Crippen LogP contribution in [0.25, 0.3) is 0 Å². The fourth-order valence-electron chi connectivity index (χ4n) is 2.68. The van der Waals surface area contributed by atoms with Crippen molar-refractivity contribution in [3.8, 4) is 5.75 Å². The molecule has 0 radical (unpaired) electrons. The van der Waals surface area contributed by atoms with Gasteiger partial charge in [-0.15, -0.1) is 0 Å². The van der Waals surface area contributed by atoms with Gasteiger partial charge < -0.3 is 10.1 Å². The van der Waals surface area contributed by atoms with Crippen LogP contribution in [0.4, 0.5) is 0 Å². The lowest BCUT2D eigenvalue weighted by Crippen LogP contribution is -2.29. The number of carbonyl (C=O) groups excluding carboxylic acids is 3. The first-order valence-electron chi connectivity index (χ1n) is 9.85. The van der Waals surface area contributed by atoms with Crippen LogP contribution in [0.1, 0.15) is 32.7 Å². The summed E-state index contributed by atoms with van der Waals surface area (Å²) in [5.41, 5.74) is 3.68. The zero-order valence-corrected chi connectivity index (χ0v) is 18.8. The smallest absolute Gasteiger partial charge is 0.345 e. The summed E-state index contributed by atoms with van der Waals surface area (Å²) in [6.45, 7) is 0.136. The van der Waals surface area contributed by atoms with Crippen LogP contribution in [0.15, 0.2) is 77.9 Å². The lowest BCUT2D eigenvalue weighted by Gasteiger charge is -2.06. The number of hydrazone groups is 1. The van der Waals surface area contributed by atoms with Gasteiger partial charge >= 0.3 is 5.97 Å². The topological polar surface area (TPSA) is 96.9 Å². The number of nitrogens with one attached hydrogen (secondary N) is 2. The molecule has 0 saturated carbocycles. The lowest BCUT2D eigenvalue weighted by atomic mass is 10.2. The van der Waals surface area contributed by atoms with Crippen molar-refractivity contribution in [1.82, 2.24) is 10.7 Å². The first-order valence-corrected chi connectivity index (χ1v) is 10.6. The molecule has 0 bridgehead atoms. The highest BCUT2D eigenvalue weighted by molar-refractivity contribution is 6.34. The van der Waals surface area contributed by atoms with Crippen molar-refractivity contribution < 1.29 is 19.1 Å². The molecule has 0 saturated heterocycles. The summed E-state index contributed by atoms with van der Waals surface area (Å²) in [5.74, 6) is -0.936. The predicted octanol–water partition coefficient (Wildman–Crippen LogP) is 4.48. The molecule has 0 fully saturated rings. The molecule has 168 valence electrons. The number of halogens is 2. The van der Waals surface area contributed by atoms with E-state index in [0.29, 0.717) is 26.9 Å². The fraction of sp³-hybridized carbons (Fsp3) is 0.0833. The number of hydrogen-bond acceptors (Lipinski definition) is 5. The third kappa shape index (κ3) is 7.17. The zero-order chi connectivity index (χ0) is 23.6. The Morgan fingerprint density at radius 2 is 1.45 bits per heavy atom. The molecule has 0 heterocycles. The monoisotopic (exact) mass is 483 g/mol. The maximum absolute atomic E-state index is 12.2. The van der Waals surface area contributed by atoms with Gasteiger partial charge in [-0.2, -0.15) is 5.10 Å². The molecule has 0 spiro atoms. The summed E-state index contributed by atoms with van der Waals surface area (Å²) in [5, 5.41) is 7.16. The maximum atomic E-state index is 12.2. The molecule has 7 nitrogen and oxygen atoms in total. The van der Waals surface area contributed by atoms with Gasteiger partial charge in [-0.25, -0.2) is 10.2 Å². The maximum Gasteiger partial charge on any atom is 0.345 e. The number of nitrogens with zero attached hydrogens (tertiary/aromatic N) is 1. The van der Waals surface area contributed by atoms with Gasteiger partial charge in [0.05, 0.1) is 27.4 Å². The molecule has 33 heavy (non-hydrogen) atoms. The second-order valence-electron chi connectivity index (χ2n) is 6.72. The largest absolute Gasteiger partial charge is 0.423 e. The summed E-state index contributed by atoms with van der Waals surface area (Å²) < 4.78 is 5.30. The molecule has 0 aliphatic heterocycles. The average Bonchev–Trinajstić information content (AvgIpc) is 2.80. The number of benzene rings is 3. The Labute approximate surface area is 200 Å². The van der Waals surface area contributed by atoms with Crippen molar-refractivity contribution in [2.24, 2.45) is 5.10 Å². The number of esters is 1. The van der Waals surface area contributed by atoms with E-state index >= 15 is 0 Å². The highest BCUT2D eigenvalue weighted by atomic mass is 35.5. The Morgan fingerprint density at radius 3 is 2.09 bits per heavy atom. The quantitative estimate of drug-likeness (QED) is 0.213. The van der Waals surface area contributed by atoms with Crippen LogP contribution < -0.4 is 15.5 Å². The Kier molecular flexibility index (Phi) is 8.57. The number of hydrogen-bond donors (Lipinski definition) is 2. The molecule has 2 N–H and O–H groups in total. The minimum atomic E-state index is -0.559. The third-order valence-electron chi connectivity index (χ3n) is 4.34. The summed E-state index contributed by atoms with van der Waals surface area (Å²) in [4.78, 5) is 36.1. The first kappa shape index (κ1) is 24.0. The van der Waals surface area contributed by atoms with Crippen LogP contribution in [-0.2, 0) is 4.79 Å². The molecule has 0 unspecified atom stereocenters. The second kappa shape index (κ2) is 11.8. The summed E-state index contributed by atoms with van der Waals surface area (Å²) in [6, 6.07) is 19.8. The molecule has 2 amide bonds. The normalized spacial score (nSPS) is 10.6. The minimum Gasteiger partial charge on any atom is -0.423 e. The fourth-order valence-corrected chi connectivity index (χ4v) is 3.11. The molecule has 0 aliphatic carbocycles. The molecule has 0 aliphatic rings. The summed E-state index contributed by atoms with van der Waals surface area (Å²) >= 11 is 12.0. The third-order valence-corrected chi connectivity index (χ3v) is 5.00. The number of ether oxygens (including phenoxy) is 1. The van der Waals surface area contributed by atoms with E-state index in [1.807, 2.05) is 0 Å². The Hall–Kier alpha value is -3.68. The Bertz CT molecular complexity index is 1180. The van der Waals surface area contributed by atoms with Crippen LogP contribution in [0.2, 0.25) is 10.0 Å². The van der Waals surface area contributed by atoms with E-state index in [9.17, 15) is 14.4 Å². The first-order chi connectivity index (χ1) is 15.9. The van der Waals surface area contributed by atoms with Crippen LogP contribution in [0, 0.1) is 0 Å². The molecule has 3 aromatic carbocycles. The zero-order valence-electron chi connectivity index (χ0n) is 17.3. The number of rotatable bonds is 8. The standard InChI is InChI=1S/C24H19Cl2N3O4/c25-20-7-3-1-5-18(20)23(31)27-14-13-22(30)29-28-15-16-9-11-17(12-10-16)33-24(32)19-6-2-4-8-21(19)26/h1-12,15H,13-14H2,(H,27,31)(H,29,30). The number of amides is 2. The number of carbonyl (C=O) groups is 3. The second-order valence-corrected chi connectivity index (χ2v) is 7.53. The molecular formula is C24H19Cl2N3O4. The highest BCUT2D eigenvalue weighted by Gasteiger charge is 2.12. The van der Waals surface area contributed by atoms with Crippen LogP contribution >= 0.6 is 23.2 Å². The summed E-state index contributed by atoms with van der Waals surface area (Å²) in [7, 11) is 0.